The molecular weight excluding hydrogens is 388 g/mol. The second-order valence-electron chi connectivity index (χ2n) is 9.59. The van der Waals surface area contributed by atoms with Crippen LogP contribution in [0.15, 0.2) is 36.0 Å². The van der Waals surface area contributed by atoms with Gasteiger partial charge < -0.3 is 24.8 Å². The van der Waals surface area contributed by atoms with Gasteiger partial charge in [-0.15, -0.1) is 0 Å². The molecule has 0 unspecified atom stereocenters. The Hall–Kier alpha value is -1.96. The van der Waals surface area contributed by atoms with E-state index in [2.05, 4.69) is 13.8 Å². The molecule has 0 radical (unpaired) electrons. The molecule has 166 valence electrons. The summed E-state index contributed by atoms with van der Waals surface area (Å²) in [4.78, 5) is 25.0. The van der Waals surface area contributed by atoms with Crippen molar-refractivity contribution in [2.45, 2.75) is 70.9 Å². The number of hydrogen-bond acceptors (Lipinski definition) is 7. The van der Waals surface area contributed by atoms with Gasteiger partial charge in [0, 0.05) is 23.0 Å². The third-order valence-corrected chi connectivity index (χ3v) is 7.08. The molecular formula is C23H32O7. The van der Waals surface area contributed by atoms with Gasteiger partial charge in [-0.05, 0) is 31.3 Å². The van der Waals surface area contributed by atoms with Crippen LogP contribution in [-0.4, -0.2) is 57.8 Å². The maximum atomic E-state index is 12.5. The smallest absolute Gasteiger partial charge is 0.343 e. The predicted octanol–water partition coefficient (Wildman–Crippen LogP) is 1.81. The highest BCUT2D eigenvalue weighted by Gasteiger charge is 2.69. The van der Waals surface area contributed by atoms with Crippen LogP contribution in [-0.2, 0) is 19.1 Å². The molecule has 0 amide bonds. The molecule has 0 aromatic heterocycles. The first-order valence-corrected chi connectivity index (χ1v) is 10.5. The quantitative estimate of drug-likeness (QED) is 0.269. The number of esters is 2. The molecule has 3 aliphatic rings. The van der Waals surface area contributed by atoms with Gasteiger partial charge in [-0.3, -0.25) is 0 Å². The summed E-state index contributed by atoms with van der Waals surface area (Å²) in [6.07, 6.45) is 7.07. The number of hydrogen-bond donors (Lipinski definition) is 3. The Bertz CT molecular complexity index is 793. The summed E-state index contributed by atoms with van der Waals surface area (Å²) in [5.74, 6) is -1.44. The van der Waals surface area contributed by atoms with Crippen molar-refractivity contribution < 1.29 is 34.4 Å². The Morgan fingerprint density at radius 3 is 2.63 bits per heavy atom. The van der Waals surface area contributed by atoms with E-state index in [4.69, 9.17) is 9.47 Å². The molecule has 7 nitrogen and oxygen atoms in total. The molecule has 0 spiro atoms. The number of aliphatic hydroxyl groups is 3. The van der Waals surface area contributed by atoms with Crippen molar-refractivity contribution in [1.29, 1.82) is 0 Å². The monoisotopic (exact) mass is 420 g/mol. The van der Waals surface area contributed by atoms with Crippen molar-refractivity contribution in [3.8, 4) is 0 Å². The predicted molar refractivity (Wildman–Crippen MR) is 109 cm³/mol. The van der Waals surface area contributed by atoms with E-state index in [1.54, 1.807) is 6.08 Å². The minimum atomic E-state index is -1.69. The molecule has 0 aromatic carbocycles. The number of ether oxygens (including phenoxy) is 2. The fourth-order valence-electron chi connectivity index (χ4n) is 5.59. The van der Waals surface area contributed by atoms with Gasteiger partial charge in [-0.25, -0.2) is 9.59 Å². The Morgan fingerprint density at radius 1 is 1.27 bits per heavy atom. The fraction of sp³-hybridized carbons (Fsp3) is 0.652. The van der Waals surface area contributed by atoms with Gasteiger partial charge in [0.2, 0.25) is 0 Å². The van der Waals surface area contributed by atoms with Crippen LogP contribution in [0.5, 0.6) is 0 Å². The van der Waals surface area contributed by atoms with Crippen molar-refractivity contribution in [2.24, 2.45) is 16.7 Å². The molecule has 1 aliphatic heterocycles. The minimum Gasteiger partial charge on any atom is -0.459 e. The largest absolute Gasteiger partial charge is 0.459 e. The van der Waals surface area contributed by atoms with Crippen LogP contribution in [0.3, 0.4) is 0 Å². The Labute approximate surface area is 177 Å². The lowest BCUT2D eigenvalue weighted by atomic mass is 9.46. The standard InChI is InChI=1S/C23H32O7/c1-14(24)16(25)8-5-6-9-18(26)30-17-12-15-13-29-20(27)23(15,28)22(4)11-7-10-21(2,3)19(17)22/h5-6,8-9,12,14,16-17,19,24-25,28H,7,10-11,13H2,1-4H3/t14-,16-,17+,19-,22-,23-/m0/s1. The van der Waals surface area contributed by atoms with E-state index < -0.39 is 41.3 Å². The Balaban J connectivity index is 1.86. The zero-order valence-electron chi connectivity index (χ0n) is 18.0. The van der Waals surface area contributed by atoms with Crippen LogP contribution in [0, 0.1) is 16.7 Å². The lowest BCUT2D eigenvalue weighted by Gasteiger charge is -2.59. The molecule has 7 heteroatoms. The summed E-state index contributed by atoms with van der Waals surface area (Å²) in [5.41, 5.74) is -2.29. The van der Waals surface area contributed by atoms with Crippen LogP contribution in [0.4, 0.5) is 0 Å². The normalized spacial score (nSPS) is 37.3. The molecule has 0 bridgehead atoms. The van der Waals surface area contributed by atoms with Crippen molar-refractivity contribution in [3.63, 3.8) is 0 Å². The van der Waals surface area contributed by atoms with Gasteiger partial charge in [0.15, 0.2) is 5.60 Å². The molecule has 3 rings (SSSR count). The van der Waals surface area contributed by atoms with Crippen molar-refractivity contribution >= 4 is 11.9 Å². The average Bonchev–Trinajstić information content (AvgIpc) is 2.94. The zero-order valence-corrected chi connectivity index (χ0v) is 18.0. The number of cyclic esters (lactones) is 1. The Kier molecular flexibility index (Phi) is 6.02. The van der Waals surface area contributed by atoms with E-state index >= 15 is 0 Å². The highest BCUT2D eigenvalue weighted by Crippen LogP contribution is 2.63. The van der Waals surface area contributed by atoms with Gasteiger partial charge in [-0.2, -0.15) is 0 Å². The highest BCUT2D eigenvalue weighted by molar-refractivity contribution is 5.88. The van der Waals surface area contributed by atoms with Gasteiger partial charge >= 0.3 is 11.9 Å². The molecule has 6 atom stereocenters. The maximum Gasteiger partial charge on any atom is 0.343 e. The maximum absolute atomic E-state index is 12.5. The topological polar surface area (TPSA) is 113 Å². The molecule has 1 saturated carbocycles. The second kappa shape index (κ2) is 7.94. The van der Waals surface area contributed by atoms with E-state index in [-0.39, 0.29) is 17.9 Å². The lowest BCUT2D eigenvalue weighted by Crippen LogP contribution is -2.65. The molecule has 30 heavy (non-hydrogen) atoms. The van der Waals surface area contributed by atoms with Crippen molar-refractivity contribution in [1.82, 2.24) is 0 Å². The summed E-state index contributed by atoms with van der Waals surface area (Å²) in [5, 5.41) is 30.2. The van der Waals surface area contributed by atoms with Gasteiger partial charge in [0.05, 0.1) is 12.2 Å². The lowest BCUT2D eigenvalue weighted by molar-refractivity contribution is -0.194. The first-order chi connectivity index (χ1) is 13.9. The van der Waals surface area contributed by atoms with Gasteiger partial charge in [-0.1, -0.05) is 45.4 Å². The number of carbonyl (C=O) groups is 2. The molecule has 3 N–H and O–H groups in total. The van der Waals surface area contributed by atoms with Crippen LogP contribution >= 0.6 is 0 Å². The molecule has 2 fully saturated rings. The number of aliphatic hydroxyl groups excluding tert-OH is 2. The van der Waals surface area contributed by atoms with E-state index in [1.165, 1.54) is 31.2 Å². The first kappa shape index (κ1) is 22.7. The van der Waals surface area contributed by atoms with Gasteiger partial charge in [0.25, 0.3) is 0 Å². The fourth-order valence-corrected chi connectivity index (χ4v) is 5.59. The molecule has 1 saturated heterocycles. The van der Waals surface area contributed by atoms with Crippen LogP contribution in [0.25, 0.3) is 0 Å². The van der Waals surface area contributed by atoms with Crippen LogP contribution in [0.1, 0.15) is 47.0 Å². The summed E-state index contributed by atoms with van der Waals surface area (Å²) in [6.45, 7) is 7.52. The highest BCUT2D eigenvalue weighted by atomic mass is 16.6. The molecule has 1 heterocycles. The van der Waals surface area contributed by atoms with Crippen LogP contribution in [0.2, 0.25) is 0 Å². The summed E-state index contributed by atoms with van der Waals surface area (Å²) >= 11 is 0. The summed E-state index contributed by atoms with van der Waals surface area (Å²) in [6, 6.07) is 0. The van der Waals surface area contributed by atoms with Gasteiger partial charge in [0.1, 0.15) is 12.7 Å². The SMILES string of the molecule is C[C@H](O)[C@@H](O)C=CC=CC(=O)O[C@@H]1C=C2COC(=O)[C@]2(O)[C@@]2(C)CCCC(C)(C)[C@H]12. The number of carbonyl (C=O) groups excluding carboxylic acids is 2. The van der Waals surface area contributed by atoms with Crippen molar-refractivity contribution in [3.05, 3.63) is 36.0 Å². The molecule has 2 aliphatic carbocycles. The van der Waals surface area contributed by atoms with E-state index in [0.29, 0.717) is 12.0 Å². The third-order valence-electron chi connectivity index (χ3n) is 7.08. The summed E-state index contributed by atoms with van der Waals surface area (Å²) in [7, 11) is 0. The average molecular weight is 421 g/mol. The Morgan fingerprint density at radius 2 is 1.97 bits per heavy atom. The third kappa shape index (κ3) is 3.63. The second-order valence-corrected chi connectivity index (χ2v) is 9.59. The molecule has 0 aromatic rings. The van der Waals surface area contributed by atoms with E-state index in [9.17, 15) is 24.9 Å². The number of rotatable bonds is 5. The minimum absolute atomic E-state index is 0.00192. The first-order valence-electron chi connectivity index (χ1n) is 10.5. The summed E-state index contributed by atoms with van der Waals surface area (Å²) < 4.78 is 11.0. The number of allylic oxidation sites excluding steroid dienone is 2. The van der Waals surface area contributed by atoms with E-state index in [0.717, 1.165) is 12.8 Å². The van der Waals surface area contributed by atoms with E-state index in [1.807, 2.05) is 6.92 Å². The van der Waals surface area contributed by atoms with Crippen LogP contribution < -0.4 is 0 Å². The zero-order chi connectivity index (χ0) is 22.3. The van der Waals surface area contributed by atoms with Crippen molar-refractivity contribution in [2.75, 3.05) is 6.61 Å². The number of fused-ring (bicyclic) bond motifs is 3.